The maximum Gasteiger partial charge on any atom is 0.277 e. The summed E-state index contributed by atoms with van der Waals surface area (Å²) < 4.78 is 10.4. The van der Waals surface area contributed by atoms with Crippen LogP contribution >= 0.6 is 11.8 Å². The number of benzene rings is 1. The zero-order valence-corrected chi connectivity index (χ0v) is 15.1. The molecule has 23 heavy (non-hydrogen) atoms. The normalized spacial score (nSPS) is 10.6. The van der Waals surface area contributed by atoms with Crippen LogP contribution in [0.2, 0.25) is 0 Å². The lowest BCUT2D eigenvalue weighted by Crippen LogP contribution is -1.99. The van der Waals surface area contributed by atoms with Gasteiger partial charge in [-0.1, -0.05) is 39.0 Å². The topological polar surface area (TPSA) is 61.6 Å². The Morgan fingerprint density at radius 2 is 1.65 bits per heavy atom. The van der Waals surface area contributed by atoms with Gasteiger partial charge in [-0.2, -0.15) is 11.8 Å². The number of hydrogen-bond donors (Lipinski definition) is 0. The van der Waals surface area contributed by atoms with Crippen LogP contribution in [0.4, 0.5) is 5.69 Å². The van der Waals surface area contributed by atoms with E-state index in [4.69, 9.17) is 9.47 Å². The second-order valence-corrected chi connectivity index (χ2v) is 6.52. The SMILES string of the molecule is CCCCCCCCSCc1cc(OC)c(OC)cc1[N+](=O)[O-]. The monoisotopic (exact) mass is 341 g/mol. The van der Waals surface area contributed by atoms with E-state index in [-0.39, 0.29) is 10.6 Å². The fourth-order valence-corrected chi connectivity index (χ4v) is 3.37. The van der Waals surface area contributed by atoms with Crippen molar-refractivity contribution < 1.29 is 14.4 Å². The first-order valence-electron chi connectivity index (χ1n) is 8.11. The molecule has 130 valence electrons. The summed E-state index contributed by atoms with van der Waals surface area (Å²) in [6, 6.07) is 3.16. The van der Waals surface area contributed by atoms with Gasteiger partial charge in [-0.05, 0) is 18.2 Å². The van der Waals surface area contributed by atoms with E-state index in [1.54, 1.807) is 17.8 Å². The largest absolute Gasteiger partial charge is 0.493 e. The third-order valence-electron chi connectivity index (χ3n) is 3.68. The molecule has 0 unspecified atom stereocenters. The van der Waals surface area contributed by atoms with Gasteiger partial charge in [0, 0.05) is 11.3 Å². The molecule has 0 aliphatic carbocycles. The van der Waals surface area contributed by atoms with Gasteiger partial charge in [-0.25, -0.2) is 0 Å². The quantitative estimate of drug-likeness (QED) is 0.297. The first-order chi connectivity index (χ1) is 11.1. The number of methoxy groups -OCH3 is 2. The molecule has 0 saturated heterocycles. The molecule has 1 rings (SSSR count). The Morgan fingerprint density at radius 3 is 2.26 bits per heavy atom. The van der Waals surface area contributed by atoms with Crippen molar-refractivity contribution >= 4 is 17.4 Å². The maximum absolute atomic E-state index is 11.2. The Labute approximate surface area is 142 Å². The molecule has 0 heterocycles. The van der Waals surface area contributed by atoms with Gasteiger partial charge in [0.2, 0.25) is 0 Å². The van der Waals surface area contributed by atoms with Crippen LogP contribution in [-0.4, -0.2) is 24.9 Å². The molecule has 0 aliphatic rings. The summed E-state index contributed by atoms with van der Waals surface area (Å²) in [5.41, 5.74) is 0.779. The highest BCUT2D eigenvalue weighted by Crippen LogP contribution is 2.36. The zero-order chi connectivity index (χ0) is 17.1. The second kappa shape index (κ2) is 11.2. The molecule has 0 saturated carbocycles. The highest BCUT2D eigenvalue weighted by molar-refractivity contribution is 7.98. The fourth-order valence-electron chi connectivity index (χ4n) is 2.36. The number of hydrogen-bond acceptors (Lipinski definition) is 5. The van der Waals surface area contributed by atoms with E-state index >= 15 is 0 Å². The van der Waals surface area contributed by atoms with Gasteiger partial charge in [0.25, 0.3) is 5.69 Å². The highest BCUT2D eigenvalue weighted by Gasteiger charge is 2.19. The number of ether oxygens (including phenoxy) is 2. The Kier molecular flexibility index (Phi) is 9.52. The molecule has 0 radical (unpaired) electrons. The first-order valence-corrected chi connectivity index (χ1v) is 9.26. The summed E-state index contributed by atoms with van der Waals surface area (Å²) in [6.45, 7) is 2.21. The van der Waals surface area contributed by atoms with Crippen molar-refractivity contribution in [2.45, 2.75) is 51.2 Å². The Balaban J connectivity index is 2.53. The van der Waals surface area contributed by atoms with Crippen LogP contribution in [0.5, 0.6) is 11.5 Å². The summed E-state index contributed by atoms with van der Waals surface area (Å²) in [4.78, 5) is 10.9. The number of unbranched alkanes of at least 4 members (excludes halogenated alkanes) is 5. The minimum atomic E-state index is -0.359. The van der Waals surface area contributed by atoms with Crippen molar-refractivity contribution in [1.29, 1.82) is 0 Å². The molecular weight excluding hydrogens is 314 g/mol. The summed E-state index contributed by atoms with van der Waals surface area (Å²) >= 11 is 1.73. The van der Waals surface area contributed by atoms with E-state index in [1.807, 2.05) is 0 Å². The molecular formula is C17H27NO4S. The van der Waals surface area contributed by atoms with Crippen LogP contribution in [0.1, 0.15) is 51.0 Å². The number of rotatable bonds is 12. The standard InChI is InChI=1S/C17H27NO4S/c1-4-5-6-7-8-9-10-23-13-14-11-16(21-2)17(22-3)12-15(14)18(19)20/h11-12H,4-10,13H2,1-3H3. The van der Waals surface area contributed by atoms with Gasteiger partial charge in [0.1, 0.15) is 0 Å². The molecule has 1 aromatic rings. The van der Waals surface area contributed by atoms with Gasteiger partial charge >= 0.3 is 0 Å². The molecule has 0 aromatic heterocycles. The number of nitro groups is 1. The maximum atomic E-state index is 11.2. The second-order valence-electron chi connectivity index (χ2n) is 5.41. The lowest BCUT2D eigenvalue weighted by atomic mass is 10.1. The van der Waals surface area contributed by atoms with Crippen molar-refractivity contribution in [2.24, 2.45) is 0 Å². The van der Waals surface area contributed by atoms with E-state index in [9.17, 15) is 10.1 Å². The van der Waals surface area contributed by atoms with Crippen LogP contribution in [0.25, 0.3) is 0 Å². The molecule has 5 nitrogen and oxygen atoms in total. The van der Waals surface area contributed by atoms with Gasteiger partial charge in [-0.3, -0.25) is 10.1 Å². The summed E-state index contributed by atoms with van der Waals surface area (Å²) in [5.74, 6) is 2.57. The van der Waals surface area contributed by atoms with Gasteiger partial charge < -0.3 is 9.47 Å². The third-order valence-corrected chi connectivity index (χ3v) is 4.77. The minimum absolute atomic E-state index is 0.0955. The highest BCUT2D eigenvalue weighted by atomic mass is 32.2. The molecule has 0 fully saturated rings. The predicted octanol–water partition coefficient (Wildman–Crippen LogP) is 5.21. The third kappa shape index (κ3) is 6.69. The molecule has 0 atom stereocenters. The van der Waals surface area contributed by atoms with E-state index in [0.29, 0.717) is 22.8 Å². The Bertz CT molecular complexity index is 494. The van der Waals surface area contributed by atoms with Crippen molar-refractivity contribution in [3.05, 3.63) is 27.8 Å². The number of nitro benzene ring substituents is 1. The molecule has 0 amide bonds. The molecule has 0 bridgehead atoms. The average molecular weight is 341 g/mol. The van der Waals surface area contributed by atoms with Gasteiger partial charge in [0.05, 0.1) is 25.2 Å². The zero-order valence-electron chi connectivity index (χ0n) is 14.3. The van der Waals surface area contributed by atoms with E-state index in [2.05, 4.69) is 6.92 Å². The van der Waals surface area contributed by atoms with Crippen LogP contribution in [0.15, 0.2) is 12.1 Å². The molecule has 1 aromatic carbocycles. The average Bonchev–Trinajstić information content (AvgIpc) is 2.56. The van der Waals surface area contributed by atoms with Crippen molar-refractivity contribution in [2.75, 3.05) is 20.0 Å². The van der Waals surface area contributed by atoms with Gasteiger partial charge in [0.15, 0.2) is 11.5 Å². The van der Waals surface area contributed by atoms with Crippen LogP contribution in [-0.2, 0) is 5.75 Å². The van der Waals surface area contributed by atoms with Crippen LogP contribution in [0, 0.1) is 10.1 Å². The van der Waals surface area contributed by atoms with Crippen molar-refractivity contribution in [1.82, 2.24) is 0 Å². The summed E-state index contributed by atoms with van der Waals surface area (Å²) in [6.07, 6.45) is 7.56. The minimum Gasteiger partial charge on any atom is -0.493 e. The Morgan fingerprint density at radius 1 is 1.04 bits per heavy atom. The van der Waals surface area contributed by atoms with Crippen LogP contribution in [0.3, 0.4) is 0 Å². The van der Waals surface area contributed by atoms with E-state index in [1.165, 1.54) is 52.4 Å². The number of nitrogens with zero attached hydrogens (tertiary/aromatic N) is 1. The lowest BCUT2D eigenvalue weighted by Gasteiger charge is -2.10. The molecule has 6 heteroatoms. The predicted molar refractivity (Wildman–Crippen MR) is 95.7 cm³/mol. The summed E-state index contributed by atoms with van der Waals surface area (Å²) in [5, 5.41) is 11.2. The molecule has 0 N–H and O–H groups in total. The smallest absolute Gasteiger partial charge is 0.277 e. The lowest BCUT2D eigenvalue weighted by molar-refractivity contribution is -0.385. The van der Waals surface area contributed by atoms with Gasteiger partial charge in [-0.15, -0.1) is 0 Å². The van der Waals surface area contributed by atoms with Crippen LogP contribution < -0.4 is 9.47 Å². The van der Waals surface area contributed by atoms with E-state index in [0.717, 1.165) is 12.2 Å². The van der Waals surface area contributed by atoms with E-state index < -0.39 is 0 Å². The Hall–Kier alpha value is -1.43. The molecule has 0 aliphatic heterocycles. The number of thioether (sulfide) groups is 1. The fraction of sp³-hybridized carbons (Fsp3) is 0.647. The summed E-state index contributed by atoms with van der Waals surface area (Å²) in [7, 11) is 3.02. The molecule has 0 spiro atoms. The van der Waals surface area contributed by atoms with Crippen molar-refractivity contribution in [3.8, 4) is 11.5 Å². The first kappa shape index (κ1) is 19.6. The van der Waals surface area contributed by atoms with Crippen molar-refractivity contribution in [3.63, 3.8) is 0 Å².